The summed E-state index contributed by atoms with van der Waals surface area (Å²) in [6, 6.07) is 17.0. The van der Waals surface area contributed by atoms with Crippen LogP contribution in [0.1, 0.15) is 13.8 Å². The second-order valence-electron chi connectivity index (χ2n) is 5.51. The fraction of sp³-hybridized carbons (Fsp3) is 0.211. The Morgan fingerprint density at radius 1 is 1.19 bits per heavy atom. The van der Waals surface area contributed by atoms with Gasteiger partial charge in [0, 0.05) is 5.69 Å². The number of nitrogens with one attached hydrogen (secondary N) is 1. The molecule has 0 spiro atoms. The standard InChI is InChI=1S/C19H20N4O2S/c1-3-25-17-11-9-15(10-12-17)21-18(24)14(2)26-19-20-13-23(22-19)16-7-5-4-6-8-16/h4-14H,3H2,1-2H3,(H,21,24). The van der Waals surface area contributed by atoms with Crippen LogP contribution in [-0.2, 0) is 4.79 Å². The van der Waals surface area contributed by atoms with Crippen LogP contribution in [0.2, 0.25) is 0 Å². The number of hydrogen-bond acceptors (Lipinski definition) is 5. The monoisotopic (exact) mass is 368 g/mol. The van der Waals surface area contributed by atoms with Crippen molar-refractivity contribution in [1.29, 1.82) is 0 Å². The van der Waals surface area contributed by atoms with E-state index in [0.29, 0.717) is 11.8 Å². The fourth-order valence-corrected chi connectivity index (χ4v) is 2.99. The average molecular weight is 368 g/mol. The first-order valence-corrected chi connectivity index (χ1v) is 9.21. The summed E-state index contributed by atoms with van der Waals surface area (Å²) >= 11 is 1.32. The molecule has 0 saturated heterocycles. The van der Waals surface area contributed by atoms with Gasteiger partial charge >= 0.3 is 0 Å². The molecule has 1 atom stereocenters. The van der Waals surface area contributed by atoms with E-state index >= 15 is 0 Å². The van der Waals surface area contributed by atoms with Crippen molar-refractivity contribution in [3.8, 4) is 11.4 Å². The van der Waals surface area contributed by atoms with Gasteiger partial charge in [0.1, 0.15) is 12.1 Å². The SMILES string of the molecule is CCOc1ccc(NC(=O)C(C)Sc2ncn(-c3ccccc3)n2)cc1. The van der Waals surface area contributed by atoms with E-state index in [4.69, 9.17) is 4.74 Å². The zero-order valence-corrected chi connectivity index (χ0v) is 15.4. The largest absolute Gasteiger partial charge is 0.494 e. The molecule has 0 aliphatic rings. The molecule has 7 heteroatoms. The summed E-state index contributed by atoms with van der Waals surface area (Å²) in [6.45, 7) is 4.38. The number of amides is 1. The van der Waals surface area contributed by atoms with Crippen LogP contribution in [0.5, 0.6) is 5.75 Å². The molecule has 3 aromatic rings. The summed E-state index contributed by atoms with van der Waals surface area (Å²) in [4.78, 5) is 16.7. The number of benzene rings is 2. The first-order chi connectivity index (χ1) is 12.7. The normalized spacial score (nSPS) is 11.8. The molecule has 1 unspecified atom stereocenters. The first-order valence-electron chi connectivity index (χ1n) is 8.33. The van der Waals surface area contributed by atoms with Crippen molar-refractivity contribution in [2.24, 2.45) is 0 Å². The molecule has 1 heterocycles. The predicted octanol–water partition coefficient (Wildman–Crippen LogP) is 3.79. The molecule has 134 valence electrons. The van der Waals surface area contributed by atoms with Gasteiger partial charge in [0.25, 0.3) is 0 Å². The Hall–Kier alpha value is -2.80. The molecule has 1 amide bonds. The highest BCUT2D eigenvalue weighted by Gasteiger charge is 2.17. The number of anilines is 1. The van der Waals surface area contributed by atoms with Gasteiger partial charge < -0.3 is 10.1 Å². The number of hydrogen-bond donors (Lipinski definition) is 1. The maximum atomic E-state index is 12.4. The highest BCUT2D eigenvalue weighted by molar-refractivity contribution is 8.00. The number of para-hydroxylation sites is 1. The minimum absolute atomic E-state index is 0.102. The minimum Gasteiger partial charge on any atom is -0.494 e. The Kier molecular flexibility index (Phi) is 5.91. The number of thioether (sulfide) groups is 1. The predicted molar refractivity (Wildman–Crippen MR) is 103 cm³/mol. The summed E-state index contributed by atoms with van der Waals surface area (Å²) in [6.07, 6.45) is 1.65. The topological polar surface area (TPSA) is 69.0 Å². The van der Waals surface area contributed by atoms with Crippen molar-refractivity contribution in [3.05, 3.63) is 60.9 Å². The lowest BCUT2D eigenvalue weighted by Crippen LogP contribution is -2.22. The maximum absolute atomic E-state index is 12.4. The van der Waals surface area contributed by atoms with Gasteiger partial charge in [-0.1, -0.05) is 30.0 Å². The minimum atomic E-state index is -0.326. The first kappa shape index (κ1) is 18.0. The molecule has 1 N–H and O–H groups in total. The van der Waals surface area contributed by atoms with E-state index in [-0.39, 0.29) is 11.2 Å². The second-order valence-corrected chi connectivity index (χ2v) is 6.82. The van der Waals surface area contributed by atoms with Crippen LogP contribution in [0.4, 0.5) is 5.69 Å². The van der Waals surface area contributed by atoms with Crippen molar-refractivity contribution >= 4 is 23.4 Å². The summed E-state index contributed by atoms with van der Waals surface area (Å²) in [5, 5.41) is 7.54. The lowest BCUT2D eigenvalue weighted by Gasteiger charge is -2.11. The van der Waals surface area contributed by atoms with E-state index in [2.05, 4.69) is 15.4 Å². The summed E-state index contributed by atoms with van der Waals surface area (Å²) in [5.41, 5.74) is 1.66. The van der Waals surface area contributed by atoms with E-state index in [0.717, 1.165) is 17.1 Å². The molecular weight excluding hydrogens is 348 g/mol. The third-order valence-corrected chi connectivity index (χ3v) is 4.54. The van der Waals surface area contributed by atoms with E-state index in [1.807, 2.05) is 68.4 Å². The van der Waals surface area contributed by atoms with Crippen LogP contribution in [0, 0.1) is 0 Å². The van der Waals surface area contributed by atoms with Gasteiger partial charge in [0.05, 0.1) is 17.5 Å². The molecule has 6 nitrogen and oxygen atoms in total. The van der Waals surface area contributed by atoms with Crippen LogP contribution in [0.3, 0.4) is 0 Å². The third-order valence-electron chi connectivity index (χ3n) is 3.58. The number of aromatic nitrogens is 3. The van der Waals surface area contributed by atoms with E-state index in [9.17, 15) is 4.79 Å². The van der Waals surface area contributed by atoms with Gasteiger partial charge in [-0.15, -0.1) is 5.10 Å². The van der Waals surface area contributed by atoms with E-state index in [1.165, 1.54) is 11.8 Å². The Morgan fingerprint density at radius 3 is 2.62 bits per heavy atom. The van der Waals surface area contributed by atoms with Crippen molar-refractivity contribution < 1.29 is 9.53 Å². The van der Waals surface area contributed by atoms with Crippen LogP contribution in [-0.4, -0.2) is 32.5 Å². The lowest BCUT2D eigenvalue weighted by atomic mass is 10.3. The summed E-state index contributed by atoms with van der Waals surface area (Å²) < 4.78 is 7.09. The lowest BCUT2D eigenvalue weighted by molar-refractivity contribution is -0.115. The Labute approximate surface area is 156 Å². The fourth-order valence-electron chi connectivity index (χ4n) is 2.26. The molecule has 0 aliphatic heterocycles. The summed E-state index contributed by atoms with van der Waals surface area (Å²) in [5.74, 6) is 0.679. The molecule has 3 rings (SSSR count). The van der Waals surface area contributed by atoms with Crippen molar-refractivity contribution in [1.82, 2.24) is 14.8 Å². The van der Waals surface area contributed by atoms with Gasteiger partial charge in [-0.3, -0.25) is 4.79 Å². The highest BCUT2D eigenvalue weighted by atomic mass is 32.2. The van der Waals surface area contributed by atoms with Crippen molar-refractivity contribution in [2.45, 2.75) is 24.3 Å². The average Bonchev–Trinajstić information content (AvgIpc) is 3.13. The van der Waals surface area contributed by atoms with Crippen LogP contribution >= 0.6 is 11.8 Å². The number of ether oxygens (including phenoxy) is 1. The zero-order chi connectivity index (χ0) is 18.4. The van der Waals surface area contributed by atoms with Gasteiger partial charge in [-0.2, -0.15) is 0 Å². The molecule has 0 radical (unpaired) electrons. The third kappa shape index (κ3) is 4.64. The number of carbonyl (C=O) groups is 1. The second kappa shape index (κ2) is 8.53. The van der Waals surface area contributed by atoms with Gasteiger partial charge in [0.15, 0.2) is 0 Å². The Balaban J connectivity index is 1.58. The molecule has 0 bridgehead atoms. The Morgan fingerprint density at radius 2 is 1.92 bits per heavy atom. The zero-order valence-electron chi connectivity index (χ0n) is 14.6. The van der Waals surface area contributed by atoms with Crippen LogP contribution in [0.15, 0.2) is 66.1 Å². The van der Waals surface area contributed by atoms with Crippen LogP contribution < -0.4 is 10.1 Å². The van der Waals surface area contributed by atoms with Crippen molar-refractivity contribution in [2.75, 3.05) is 11.9 Å². The van der Waals surface area contributed by atoms with Crippen molar-refractivity contribution in [3.63, 3.8) is 0 Å². The Bertz CT molecular complexity index is 849. The molecule has 2 aromatic carbocycles. The van der Waals surface area contributed by atoms with Gasteiger partial charge in [-0.05, 0) is 50.2 Å². The van der Waals surface area contributed by atoms with Gasteiger partial charge in [-0.25, -0.2) is 9.67 Å². The van der Waals surface area contributed by atoms with E-state index < -0.39 is 0 Å². The van der Waals surface area contributed by atoms with Crippen LogP contribution in [0.25, 0.3) is 5.69 Å². The molecule has 26 heavy (non-hydrogen) atoms. The summed E-state index contributed by atoms with van der Waals surface area (Å²) in [7, 11) is 0. The molecular formula is C19H20N4O2S. The highest BCUT2D eigenvalue weighted by Crippen LogP contribution is 2.22. The van der Waals surface area contributed by atoms with E-state index in [1.54, 1.807) is 11.0 Å². The smallest absolute Gasteiger partial charge is 0.237 e. The number of rotatable bonds is 7. The number of carbonyl (C=O) groups excluding carboxylic acids is 1. The number of nitrogens with zero attached hydrogens (tertiary/aromatic N) is 3. The molecule has 1 aromatic heterocycles. The molecule has 0 saturated carbocycles. The molecule has 0 aliphatic carbocycles. The molecule has 0 fully saturated rings. The maximum Gasteiger partial charge on any atom is 0.237 e. The van der Waals surface area contributed by atoms with Gasteiger partial charge in [0.2, 0.25) is 11.1 Å². The quantitative estimate of drug-likeness (QED) is 0.643.